The summed E-state index contributed by atoms with van der Waals surface area (Å²) in [5, 5.41) is 13.9. The SMILES string of the molecule is Cc1cc(-n2ccc(C3CC3)n2)c(CO)cn1. The molecule has 0 bridgehead atoms. The fraction of sp³-hybridized carbons (Fsp3) is 0.385. The van der Waals surface area contributed by atoms with Gasteiger partial charge in [-0.25, -0.2) is 4.68 Å². The van der Waals surface area contributed by atoms with Gasteiger partial charge in [0.25, 0.3) is 0 Å². The van der Waals surface area contributed by atoms with Gasteiger partial charge in [0.2, 0.25) is 0 Å². The molecule has 1 saturated carbocycles. The van der Waals surface area contributed by atoms with Crippen molar-refractivity contribution in [3.05, 3.63) is 41.5 Å². The molecule has 0 aromatic carbocycles. The van der Waals surface area contributed by atoms with Crippen molar-refractivity contribution >= 4 is 0 Å². The molecule has 2 heterocycles. The zero-order valence-corrected chi connectivity index (χ0v) is 9.80. The van der Waals surface area contributed by atoms with Crippen LogP contribution in [0, 0.1) is 6.92 Å². The molecule has 1 aliphatic carbocycles. The molecular formula is C13H15N3O. The molecule has 1 aliphatic rings. The van der Waals surface area contributed by atoms with Gasteiger partial charge in [-0.05, 0) is 31.9 Å². The maximum atomic E-state index is 9.32. The molecule has 0 unspecified atom stereocenters. The lowest BCUT2D eigenvalue weighted by molar-refractivity contribution is 0.281. The number of hydrogen-bond acceptors (Lipinski definition) is 3. The zero-order valence-electron chi connectivity index (χ0n) is 9.80. The largest absolute Gasteiger partial charge is 0.392 e. The smallest absolute Gasteiger partial charge is 0.0734 e. The molecule has 4 heteroatoms. The molecule has 0 aliphatic heterocycles. The molecule has 0 atom stereocenters. The van der Waals surface area contributed by atoms with Gasteiger partial charge in [-0.15, -0.1) is 0 Å². The van der Waals surface area contributed by atoms with Crippen LogP contribution in [0.5, 0.6) is 0 Å². The summed E-state index contributed by atoms with van der Waals surface area (Å²) in [7, 11) is 0. The van der Waals surface area contributed by atoms with E-state index in [1.807, 2.05) is 23.9 Å². The first-order valence-corrected chi connectivity index (χ1v) is 5.90. The second-order valence-electron chi connectivity index (χ2n) is 4.57. The van der Waals surface area contributed by atoms with Crippen molar-refractivity contribution in [2.24, 2.45) is 0 Å². The Bertz CT molecular complexity index is 543. The Labute approximate surface area is 99.9 Å². The number of aryl methyl sites for hydroxylation is 1. The van der Waals surface area contributed by atoms with Crippen molar-refractivity contribution in [2.45, 2.75) is 32.3 Å². The highest BCUT2D eigenvalue weighted by atomic mass is 16.3. The van der Waals surface area contributed by atoms with Crippen LogP contribution in [-0.2, 0) is 6.61 Å². The van der Waals surface area contributed by atoms with Crippen molar-refractivity contribution in [1.29, 1.82) is 0 Å². The van der Waals surface area contributed by atoms with Crippen LogP contribution in [0.3, 0.4) is 0 Å². The predicted octanol–water partition coefficient (Wildman–Crippen LogP) is 1.95. The first kappa shape index (κ1) is 10.5. The van der Waals surface area contributed by atoms with Crippen molar-refractivity contribution in [2.75, 3.05) is 0 Å². The third kappa shape index (κ3) is 1.96. The van der Waals surface area contributed by atoms with Gasteiger partial charge >= 0.3 is 0 Å². The minimum absolute atomic E-state index is 0.0127. The van der Waals surface area contributed by atoms with E-state index in [1.165, 1.54) is 12.8 Å². The molecular weight excluding hydrogens is 214 g/mol. The van der Waals surface area contributed by atoms with Crippen LogP contribution in [0.4, 0.5) is 0 Å². The van der Waals surface area contributed by atoms with Crippen molar-refractivity contribution in [1.82, 2.24) is 14.8 Å². The number of aliphatic hydroxyl groups excluding tert-OH is 1. The summed E-state index contributed by atoms with van der Waals surface area (Å²) in [4.78, 5) is 4.19. The van der Waals surface area contributed by atoms with Gasteiger partial charge in [-0.2, -0.15) is 5.10 Å². The number of hydrogen-bond donors (Lipinski definition) is 1. The lowest BCUT2D eigenvalue weighted by Crippen LogP contribution is -2.03. The van der Waals surface area contributed by atoms with Gasteiger partial charge in [0.05, 0.1) is 18.0 Å². The minimum Gasteiger partial charge on any atom is -0.392 e. The summed E-state index contributed by atoms with van der Waals surface area (Å²) in [5.41, 5.74) is 3.82. The Balaban J connectivity index is 2.03. The molecule has 0 saturated heterocycles. The topological polar surface area (TPSA) is 50.9 Å². The highest BCUT2D eigenvalue weighted by Crippen LogP contribution is 2.39. The van der Waals surface area contributed by atoms with Gasteiger partial charge in [0.15, 0.2) is 0 Å². The average molecular weight is 229 g/mol. The lowest BCUT2D eigenvalue weighted by Gasteiger charge is -2.07. The van der Waals surface area contributed by atoms with E-state index in [-0.39, 0.29) is 6.61 Å². The summed E-state index contributed by atoms with van der Waals surface area (Å²) in [6.07, 6.45) is 6.17. The van der Waals surface area contributed by atoms with Crippen molar-refractivity contribution < 1.29 is 5.11 Å². The monoisotopic (exact) mass is 229 g/mol. The molecule has 4 nitrogen and oxygen atoms in total. The third-order valence-electron chi connectivity index (χ3n) is 3.12. The Morgan fingerprint density at radius 3 is 3.00 bits per heavy atom. The van der Waals surface area contributed by atoms with E-state index in [4.69, 9.17) is 0 Å². The third-order valence-corrected chi connectivity index (χ3v) is 3.12. The van der Waals surface area contributed by atoms with E-state index in [0.29, 0.717) is 5.92 Å². The summed E-state index contributed by atoms with van der Waals surface area (Å²) in [6, 6.07) is 4.02. The first-order chi connectivity index (χ1) is 8.28. The maximum absolute atomic E-state index is 9.32. The Kier molecular flexibility index (Phi) is 2.44. The molecule has 1 fully saturated rings. The van der Waals surface area contributed by atoms with Crippen molar-refractivity contribution in [3.8, 4) is 5.69 Å². The molecule has 1 N–H and O–H groups in total. The fourth-order valence-corrected chi connectivity index (χ4v) is 1.98. The standard InChI is InChI=1S/C13H15N3O/c1-9-6-13(11(8-17)7-14-9)16-5-4-12(15-16)10-2-3-10/h4-7,10,17H,2-3,8H2,1H3. The van der Waals surface area contributed by atoms with Crippen LogP contribution in [0.1, 0.15) is 35.7 Å². The summed E-state index contributed by atoms with van der Waals surface area (Å²) in [5.74, 6) is 0.650. The number of aromatic nitrogens is 3. The van der Waals surface area contributed by atoms with Crippen LogP contribution in [0.15, 0.2) is 24.5 Å². The zero-order chi connectivity index (χ0) is 11.8. The average Bonchev–Trinajstić information content (AvgIpc) is 3.07. The van der Waals surface area contributed by atoms with Gasteiger partial charge in [-0.1, -0.05) is 0 Å². The van der Waals surface area contributed by atoms with Crippen LogP contribution in [0.2, 0.25) is 0 Å². The van der Waals surface area contributed by atoms with Crippen LogP contribution in [0.25, 0.3) is 5.69 Å². The van der Waals surface area contributed by atoms with E-state index < -0.39 is 0 Å². The Hall–Kier alpha value is -1.68. The number of nitrogens with zero attached hydrogens (tertiary/aromatic N) is 3. The maximum Gasteiger partial charge on any atom is 0.0734 e. The molecule has 3 rings (SSSR count). The normalized spacial score (nSPS) is 15.2. The molecule has 0 spiro atoms. The van der Waals surface area contributed by atoms with E-state index in [0.717, 1.165) is 22.6 Å². The van der Waals surface area contributed by atoms with E-state index >= 15 is 0 Å². The first-order valence-electron chi connectivity index (χ1n) is 5.90. The summed E-state index contributed by atoms with van der Waals surface area (Å²) >= 11 is 0. The summed E-state index contributed by atoms with van der Waals surface area (Å²) in [6.45, 7) is 1.93. The molecule has 0 amide bonds. The highest BCUT2D eigenvalue weighted by molar-refractivity contribution is 5.40. The van der Waals surface area contributed by atoms with Gasteiger partial charge in [0, 0.05) is 29.6 Å². The number of aliphatic hydroxyl groups is 1. The second kappa shape index (κ2) is 3.96. The minimum atomic E-state index is -0.0127. The van der Waals surface area contributed by atoms with E-state index in [2.05, 4.69) is 16.1 Å². The van der Waals surface area contributed by atoms with Gasteiger partial charge in [-0.3, -0.25) is 4.98 Å². The predicted molar refractivity (Wildman–Crippen MR) is 64.0 cm³/mol. The molecule has 17 heavy (non-hydrogen) atoms. The second-order valence-corrected chi connectivity index (χ2v) is 4.57. The van der Waals surface area contributed by atoms with Gasteiger partial charge in [0.1, 0.15) is 0 Å². The lowest BCUT2D eigenvalue weighted by atomic mass is 10.2. The quantitative estimate of drug-likeness (QED) is 0.875. The summed E-state index contributed by atoms with van der Waals surface area (Å²) < 4.78 is 1.84. The van der Waals surface area contributed by atoms with Crippen LogP contribution >= 0.6 is 0 Å². The Morgan fingerprint density at radius 2 is 2.29 bits per heavy atom. The van der Waals surface area contributed by atoms with Crippen LogP contribution in [-0.4, -0.2) is 19.9 Å². The molecule has 88 valence electrons. The van der Waals surface area contributed by atoms with Crippen molar-refractivity contribution in [3.63, 3.8) is 0 Å². The van der Waals surface area contributed by atoms with E-state index in [9.17, 15) is 5.11 Å². The Morgan fingerprint density at radius 1 is 1.47 bits per heavy atom. The fourth-order valence-electron chi connectivity index (χ4n) is 1.98. The van der Waals surface area contributed by atoms with Gasteiger partial charge < -0.3 is 5.11 Å². The molecule has 2 aromatic rings. The van der Waals surface area contributed by atoms with E-state index in [1.54, 1.807) is 6.20 Å². The highest BCUT2D eigenvalue weighted by Gasteiger charge is 2.26. The van der Waals surface area contributed by atoms with Crippen LogP contribution < -0.4 is 0 Å². The molecule has 0 radical (unpaired) electrons. The molecule has 2 aromatic heterocycles. The number of rotatable bonds is 3. The number of pyridine rings is 1.